The summed E-state index contributed by atoms with van der Waals surface area (Å²) in [5, 5.41) is 11.5. The lowest BCUT2D eigenvalue weighted by atomic mass is 10.2. The van der Waals surface area contributed by atoms with E-state index in [9.17, 15) is 18.0 Å². The standard InChI is InChI=1S/C13H8BrF3N2O2/c14-8-6-7(12(20)21)4-5-9(8)18-11-3-1-2-10(19-11)13(15,16)17/h1-6H,(H,18,19)(H,20,21). The number of hydrogen-bond donors (Lipinski definition) is 2. The van der Waals surface area contributed by atoms with E-state index in [0.717, 1.165) is 6.07 Å². The summed E-state index contributed by atoms with van der Waals surface area (Å²) in [4.78, 5) is 14.3. The summed E-state index contributed by atoms with van der Waals surface area (Å²) in [5.41, 5.74) is -0.540. The van der Waals surface area contributed by atoms with E-state index in [1.165, 1.54) is 30.3 Å². The molecule has 1 aromatic heterocycles. The average Bonchev–Trinajstić information content (AvgIpc) is 2.40. The number of halogens is 4. The molecule has 0 aliphatic heterocycles. The van der Waals surface area contributed by atoms with Crippen molar-refractivity contribution in [2.75, 3.05) is 5.32 Å². The van der Waals surface area contributed by atoms with Crippen molar-refractivity contribution in [3.8, 4) is 0 Å². The summed E-state index contributed by atoms with van der Waals surface area (Å²) >= 11 is 3.16. The minimum atomic E-state index is -4.53. The maximum atomic E-state index is 12.6. The fraction of sp³-hybridized carbons (Fsp3) is 0.0769. The van der Waals surface area contributed by atoms with Crippen molar-refractivity contribution in [1.82, 2.24) is 4.98 Å². The molecule has 1 heterocycles. The van der Waals surface area contributed by atoms with Gasteiger partial charge in [0, 0.05) is 4.47 Å². The highest BCUT2D eigenvalue weighted by atomic mass is 79.9. The molecule has 2 rings (SSSR count). The number of rotatable bonds is 3. The molecule has 0 fully saturated rings. The zero-order chi connectivity index (χ0) is 15.6. The second-order valence-electron chi connectivity index (χ2n) is 4.03. The van der Waals surface area contributed by atoms with Crippen molar-refractivity contribution in [1.29, 1.82) is 0 Å². The van der Waals surface area contributed by atoms with Crippen molar-refractivity contribution in [3.63, 3.8) is 0 Å². The monoisotopic (exact) mass is 360 g/mol. The molecule has 8 heteroatoms. The van der Waals surface area contributed by atoms with Crippen LogP contribution in [0.3, 0.4) is 0 Å². The lowest BCUT2D eigenvalue weighted by molar-refractivity contribution is -0.141. The zero-order valence-electron chi connectivity index (χ0n) is 10.3. The lowest BCUT2D eigenvalue weighted by Gasteiger charge is -2.11. The van der Waals surface area contributed by atoms with Crippen molar-refractivity contribution in [2.24, 2.45) is 0 Å². The number of carbonyl (C=O) groups is 1. The molecule has 0 aliphatic carbocycles. The first-order valence-corrected chi connectivity index (χ1v) is 6.41. The van der Waals surface area contributed by atoms with E-state index in [0.29, 0.717) is 10.2 Å². The molecule has 4 nitrogen and oxygen atoms in total. The molecule has 0 saturated carbocycles. The van der Waals surface area contributed by atoms with Crippen LogP contribution in [-0.4, -0.2) is 16.1 Å². The fourth-order valence-electron chi connectivity index (χ4n) is 1.55. The average molecular weight is 361 g/mol. The van der Waals surface area contributed by atoms with Crippen LogP contribution in [-0.2, 0) is 6.18 Å². The van der Waals surface area contributed by atoms with Crippen LogP contribution >= 0.6 is 15.9 Å². The van der Waals surface area contributed by atoms with Gasteiger partial charge in [0.25, 0.3) is 0 Å². The van der Waals surface area contributed by atoms with E-state index in [2.05, 4.69) is 26.2 Å². The first-order valence-electron chi connectivity index (χ1n) is 5.61. The van der Waals surface area contributed by atoms with Gasteiger partial charge in [-0.25, -0.2) is 9.78 Å². The predicted octanol–water partition coefficient (Wildman–Crippen LogP) is 4.30. The van der Waals surface area contributed by atoms with Crippen molar-refractivity contribution < 1.29 is 23.1 Å². The molecule has 1 aromatic carbocycles. The van der Waals surface area contributed by atoms with Crippen LogP contribution in [0.2, 0.25) is 0 Å². The SMILES string of the molecule is O=C(O)c1ccc(Nc2cccc(C(F)(F)F)n2)c(Br)c1. The number of anilines is 2. The third-order valence-corrected chi connectivity index (χ3v) is 3.17. The molecular weight excluding hydrogens is 353 g/mol. The quantitative estimate of drug-likeness (QED) is 0.856. The molecule has 0 amide bonds. The Balaban J connectivity index is 2.28. The Morgan fingerprint density at radius 1 is 1.24 bits per heavy atom. The maximum Gasteiger partial charge on any atom is 0.433 e. The molecule has 2 N–H and O–H groups in total. The van der Waals surface area contributed by atoms with Gasteiger partial charge in [-0.1, -0.05) is 6.07 Å². The van der Waals surface area contributed by atoms with Gasteiger partial charge < -0.3 is 10.4 Å². The van der Waals surface area contributed by atoms with Crippen LogP contribution in [0.15, 0.2) is 40.9 Å². The molecule has 110 valence electrons. The highest BCUT2D eigenvalue weighted by Gasteiger charge is 2.32. The van der Waals surface area contributed by atoms with Crippen LogP contribution in [0, 0.1) is 0 Å². The van der Waals surface area contributed by atoms with Gasteiger partial charge in [-0.3, -0.25) is 0 Å². The minimum absolute atomic E-state index is 0.00796. The van der Waals surface area contributed by atoms with E-state index in [1.54, 1.807) is 0 Å². The Morgan fingerprint density at radius 2 is 1.95 bits per heavy atom. The number of alkyl halides is 3. The van der Waals surface area contributed by atoms with Gasteiger partial charge in [0.05, 0.1) is 11.3 Å². The lowest BCUT2D eigenvalue weighted by Crippen LogP contribution is -2.09. The number of aromatic nitrogens is 1. The first kappa shape index (κ1) is 15.3. The summed E-state index contributed by atoms with van der Waals surface area (Å²) in [6.07, 6.45) is -4.53. The normalized spacial score (nSPS) is 11.2. The number of benzene rings is 1. The van der Waals surface area contributed by atoms with Gasteiger partial charge >= 0.3 is 12.1 Å². The predicted molar refractivity (Wildman–Crippen MR) is 73.6 cm³/mol. The Labute approximate surface area is 125 Å². The second-order valence-corrected chi connectivity index (χ2v) is 4.88. The van der Waals surface area contributed by atoms with Crippen LogP contribution in [0.4, 0.5) is 24.7 Å². The third kappa shape index (κ3) is 3.72. The van der Waals surface area contributed by atoms with Gasteiger partial charge in [-0.05, 0) is 46.3 Å². The highest BCUT2D eigenvalue weighted by molar-refractivity contribution is 9.10. The molecule has 0 radical (unpaired) electrons. The Bertz CT molecular complexity index is 689. The molecule has 0 aliphatic rings. The van der Waals surface area contributed by atoms with E-state index in [4.69, 9.17) is 5.11 Å². The first-order chi connectivity index (χ1) is 9.77. The van der Waals surface area contributed by atoms with E-state index in [1.807, 2.05) is 0 Å². The Morgan fingerprint density at radius 3 is 2.52 bits per heavy atom. The van der Waals surface area contributed by atoms with Gasteiger partial charge in [-0.2, -0.15) is 13.2 Å². The van der Waals surface area contributed by atoms with Crippen molar-refractivity contribution >= 4 is 33.4 Å². The van der Waals surface area contributed by atoms with Gasteiger partial charge in [-0.15, -0.1) is 0 Å². The topological polar surface area (TPSA) is 62.2 Å². The van der Waals surface area contributed by atoms with Crippen LogP contribution in [0.25, 0.3) is 0 Å². The number of pyridine rings is 1. The molecule has 2 aromatic rings. The number of carboxylic acid groups (broad SMARTS) is 1. The van der Waals surface area contributed by atoms with Crippen LogP contribution in [0.1, 0.15) is 16.1 Å². The summed E-state index contributed by atoms with van der Waals surface area (Å²) in [7, 11) is 0. The van der Waals surface area contributed by atoms with Crippen LogP contribution in [0.5, 0.6) is 0 Å². The molecular formula is C13H8BrF3N2O2. The number of hydrogen-bond acceptors (Lipinski definition) is 3. The summed E-state index contributed by atoms with van der Waals surface area (Å²) < 4.78 is 38.1. The van der Waals surface area contributed by atoms with Crippen molar-refractivity contribution in [2.45, 2.75) is 6.18 Å². The maximum absolute atomic E-state index is 12.6. The summed E-state index contributed by atoms with van der Waals surface area (Å²) in [6, 6.07) is 7.61. The number of aromatic carboxylic acids is 1. The second kappa shape index (κ2) is 5.72. The minimum Gasteiger partial charge on any atom is -0.478 e. The van der Waals surface area contributed by atoms with E-state index in [-0.39, 0.29) is 11.4 Å². The van der Waals surface area contributed by atoms with Crippen LogP contribution < -0.4 is 5.32 Å². The Kier molecular flexibility index (Phi) is 4.17. The summed E-state index contributed by atoms with van der Waals surface area (Å²) in [5.74, 6) is -1.09. The number of nitrogens with zero attached hydrogens (tertiary/aromatic N) is 1. The van der Waals surface area contributed by atoms with Gasteiger partial charge in [0.2, 0.25) is 0 Å². The number of carboxylic acids is 1. The van der Waals surface area contributed by atoms with Gasteiger partial charge in [0.1, 0.15) is 11.5 Å². The molecule has 21 heavy (non-hydrogen) atoms. The smallest absolute Gasteiger partial charge is 0.433 e. The van der Waals surface area contributed by atoms with Gasteiger partial charge in [0.15, 0.2) is 0 Å². The fourth-order valence-corrected chi connectivity index (χ4v) is 2.03. The number of nitrogens with one attached hydrogen (secondary N) is 1. The zero-order valence-corrected chi connectivity index (χ0v) is 11.9. The Hall–Kier alpha value is -2.09. The molecule has 0 atom stereocenters. The van der Waals surface area contributed by atoms with Crippen molar-refractivity contribution in [3.05, 3.63) is 52.1 Å². The molecule has 0 unspecified atom stereocenters. The van der Waals surface area contributed by atoms with E-state index >= 15 is 0 Å². The summed E-state index contributed by atoms with van der Waals surface area (Å²) in [6.45, 7) is 0. The molecule has 0 spiro atoms. The molecule has 0 bridgehead atoms. The molecule has 0 saturated heterocycles. The highest BCUT2D eigenvalue weighted by Crippen LogP contribution is 2.30. The third-order valence-electron chi connectivity index (χ3n) is 2.52. The largest absolute Gasteiger partial charge is 0.478 e. The van der Waals surface area contributed by atoms with E-state index < -0.39 is 17.8 Å².